The van der Waals surface area contributed by atoms with Crippen LogP contribution in [0.2, 0.25) is 0 Å². The summed E-state index contributed by atoms with van der Waals surface area (Å²) < 4.78 is 0. The third-order valence-electron chi connectivity index (χ3n) is 2.04. The number of hydrogen-bond acceptors (Lipinski definition) is 4. The smallest absolute Gasteiger partial charge is 0.311 e. The van der Waals surface area contributed by atoms with Gasteiger partial charge >= 0.3 is 5.97 Å². The van der Waals surface area contributed by atoms with Crippen LogP contribution in [0.15, 0.2) is 35.5 Å². The van der Waals surface area contributed by atoms with Gasteiger partial charge in [-0.1, -0.05) is 42.1 Å². The summed E-state index contributed by atoms with van der Waals surface area (Å²) in [5.74, 6) is 0.236. The molecule has 0 bridgehead atoms. The van der Waals surface area contributed by atoms with E-state index in [9.17, 15) is 4.79 Å². The Balaban J connectivity index is 0.00000162. The Kier molecular flexibility index (Phi) is 5.67. The Morgan fingerprint density at radius 2 is 2.06 bits per heavy atom. The number of aromatic amines is 1. The molecule has 0 radical (unpaired) electrons. The van der Waals surface area contributed by atoms with E-state index in [-0.39, 0.29) is 18.8 Å². The molecule has 2 aromatic rings. The number of rotatable bonds is 5. The van der Waals surface area contributed by atoms with Crippen LogP contribution in [0.4, 0.5) is 0 Å². The van der Waals surface area contributed by atoms with E-state index in [4.69, 9.17) is 5.11 Å². The van der Waals surface area contributed by atoms with Crippen LogP contribution in [0, 0.1) is 0 Å². The van der Waals surface area contributed by atoms with Crippen molar-refractivity contribution in [1.29, 1.82) is 0 Å². The second-order valence-electron chi connectivity index (χ2n) is 3.41. The van der Waals surface area contributed by atoms with Gasteiger partial charge in [0.15, 0.2) is 0 Å². The topological polar surface area (TPSA) is 78.9 Å². The molecular weight excluding hydrogens is 274 g/mol. The number of hydrogen-bond donors (Lipinski definition) is 2. The first-order chi connectivity index (χ1) is 8.24. The van der Waals surface area contributed by atoms with E-state index in [1.54, 1.807) is 0 Å². The summed E-state index contributed by atoms with van der Waals surface area (Å²) in [5, 5.41) is 15.7. The van der Waals surface area contributed by atoms with Crippen molar-refractivity contribution in [2.24, 2.45) is 0 Å². The second-order valence-corrected chi connectivity index (χ2v) is 4.35. The Hall–Kier alpha value is -1.53. The minimum Gasteiger partial charge on any atom is -0.481 e. The van der Waals surface area contributed by atoms with Gasteiger partial charge in [-0.15, -0.1) is 17.5 Å². The van der Waals surface area contributed by atoms with Crippen LogP contribution in [0.25, 0.3) is 0 Å². The first-order valence-corrected chi connectivity index (χ1v) is 6.02. The van der Waals surface area contributed by atoms with Gasteiger partial charge in [0, 0.05) is 5.75 Å². The summed E-state index contributed by atoms with van der Waals surface area (Å²) in [5.41, 5.74) is 1.18. The van der Waals surface area contributed by atoms with Gasteiger partial charge in [0.05, 0.1) is 0 Å². The third-order valence-corrected chi connectivity index (χ3v) is 2.96. The number of nitrogens with one attached hydrogen (secondary N) is 1. The Morgan fingerprint density at radius 3 is 2.72 bits per heavy atom. The van der Waals surface area contributed by atoms with Gasteiger partial charge in [-0.2, -0.15) is 0 Å². The van der Waals surface area contributed by atoms with E-state index < -0.39 is 5.97 Å². The zero-order valence-corrected chi connectivity index (χ0v) is 11.0. The number of H-pyrrole nitrogens is 1. The van der Waals surface area contributed by atoms with Gasteiger partial charge in [0.2, 0.25) is 5.16 Å². The lowest BCUT2D eigenvalue weighted by molar-refractivity contribution is -0.136. The summed E-state index contributed by atoms with van der Waals surface area (Å²) in [6, 6.07) is 9.97. The number of halogens is 1. The zero-order valence-electron chi connectivity index (χ0n) is 9.37. The number of benzene rings is 1. The summed E-state index contributed by atoms with van der Waals surface area (Å²) in [7, 11) is 0. The predicted molar refractivity (Wildman–Crippen MR) is 71.0 cm³/mol. The van der Waals surface area contributed by atoms with Crippen molar-refractivity contribution in [2.75, 3.05) is 0 Å². The molecule has 0 amide bonds. The highest BCUT2D eigenvalue weighted by atomic mass is 35.5. The predicted octanol–water partition coefficient (Wildman–Crippen LogP) is 2.15. The molecule has 7 heteroatoms. The Labute approximate surface area is 114 Å². The molecule has 0 aliphatic heterocycles. The highest BCUT2D eigenvalue weighted by Gasteiger charge is 2.07. The fourth-order valence-electron chi connectivity index (χ4n) is 1.29. The van der Waals surface area contributed by atoms with Crippen LogP contribution < -0.4 is 0 Å². The molecule has 1 aromatic carbocycles. The molecule has 96 valence electrons. The number of carbonyl (C=O) groups is 1. The fourth-order valence-corrected chi connectivity index (χ4v) is 2.06. The maximum Gasteiger partial charge on any atom is 0.311 e. The molecule has 2 N–H and O–H groups in total. The maximum absolute atomic E-state index is 10.5. The van der Waals surface area contributed by atoms with E-state index in [0.717, 1.165) is 5.75 Å². The number of aliphatic carboxylic acids is 1. The largest absolute Gasteiger partial charge is 0.481 e. The van der Waals surface area contributed by atoms with E-state index in [2.05, 4.69) is 15.2 Å². The molecule has 0 aliphatic rings. The molecule has 0 unspecified atom stereocenters. The van der Waals surface area contributed by atoms with Gasteiger partial charge in [0.1, 0.15) is 12.2 Å². The summed E-state index contributed by atoms with van der Waals surface area (Å²) in [4.78, 5) is 14.5. The van der Waals surface area contributed by atoms with E-state index in [1.165, 1.54) is 17.3 Å². The van der Waals surface area contributed by atoms with E-state index >= 15 is 0 Å². The number of carboxylic acid groups (broad SMARTS) is 1. The molecule has 18 heavy (non-hydrogen) atoms. The number of nitrogens with zero attached hydrogens (tertiary/aromatic N) is 2. The number of carboxylic acids is 1. The van der Waals surface area contributed by atoms with Crippen LogP contribution in [0.5, 0.6) is 0 Å². The van der Waals surface area contributed by atoms with Crippen molar-refractivity contribution in [3.63, 3.8) is 0 Å². The van der Waals surface area contributed by atoms with Crippen molar-refractivity contribution in [3.8, 4) is 0 Å². The van der Waals surface area contributed by atoms with Crippen molar-refractivity contribution in [3.05, 3.63) is 41.7 Å². The van der Waals surface area contributed by atoms with Crippen LogP contribution in [0.3, 0.4) is 0 Å². The van der Waals surface area contributed by atoms with Crippen molar-refractivity contribution < 1.29 is 9.90 Å². The SMILES string of the molecule is Cl.O=C(O)Cc1nc(SCc2ccccc2)n[nH]1. The van der Waals surface area contributed by atoms with Gasteiger partial charge in [0.25, 0.3) is 0 Å². The first kappa shape index (κ1) is 14.5. The fraction of sp³-hybridized carbons (Fsp3) is 0.182. The molecule has 1 aromatic heterocycles. The average molecular weight is 286 g/mol. The standard InChI is InChI=1S/C11H11N3O2S.ClH/c15-10(16)6-9-12-11(14-13-9)17-7-8-4-2-1-3-5-8;/h1-5H,6-7H2,(H,15,16)(H,12,13,14);1H. The van der Waals surface area contributed by atoms with Crippen molar-refractivity contribution in [1.82, 2.24) is 15.2 Å². The van der Waals surface area contributed by atoms with E-state index in [0.29, 0.717) is 11.0 Å². The van der Waals surface area contributed by atoms with Crippen LogP contribution in [-0.2, 0) is 17.0 Å². The molecule has 0 spiro atoms. The molecule has 5 nitrogen and oxygen atoms in total. The lowest BCUT2D eigenvalue weighted by atomic mass is 10.2. The van der Waals surface area contributed by atoms with Crippen LogP contribution in [0.1, 0.15) is 11.4 Å². The zero-order chi connectivity index (χ0) is 12.1. The third kappa shape index (κ3) is 4.38. The Morgan fingerprint density at radius 1 is 1.33 bits per heavy atom. The molecule has 0 atom stereocenters. The summed E-state index contributed by atoms with van der Waals surface area (Å²) >= 11 is 1.48. The van der Waals surface area contributed by atoms with Crippen LogP contribution in [-0.4, -0.2) is 26.3 Å². The maximum atomic E-state index is 10.5. The molecule has 1 heterocycles. The lowest BCUT2D eigenvalue weighted by Crippen LogP contribution is -2.01. The quantitative estimate of drug-likeness (QED) is 0.823. The average Bonchev–Trinajstić information content (AvgIpc) is 2.75. The second kappa shape index (κ2) is 7.03. The molecule has 2 rings (SSSR count). The van der Waals surface area contributed by atoms with Gasteiger partial charge in [-0.25, -0.2) is 4.98 Å². The molecule has 0 fully saturated rings. The highest BCUT2D eigenvalue weighted by Crippen LogP contribution is 2.18. The van der Waals surface area contributed by atoms with Crippen molar-refractivity contribution >= 4 is 30.1 Å². The molecule has 0 aliphatic carbocycles. The molecular formula is C11H12ClN3O2S. The van der Waals surface area contributed by atoms with E-state index in [1.807, 2.05) is 30.3 Å². The normalized spacial score (nSPS) is 9.78. The monoisotopic (exact) mass is 285 g/mol. The highest BCUT2D eigenvalue weighted by molar-refractivity contribution is 7.98. The summed E-state index contributed by atoms with van der Waals surface area (Å²) in [6.45, 7) is 0. The number of thioether (sulfide) groups is 1. The van der Waals surface area contributed by atoms with Gasteiger partial charge in [-0.3, -0.25) is 9.89 Å². The molecule has 0 saturated heterocycles. The van der Waals surface area contributed by atoms with Gasteiger partial charge < -0.3 is 5.11 Å². The summed E-state index contributed by atoms with van der Waals surface area (Å²) in [6.07, 6.45) is -0.126. The van der Waals surface area contributed by atoms with Gasteiger partial charge in [-0.05, 0) is 5.56 Å². The number of aromatic nitrogens is 3. The lowest BCUT2D eigenvalue weighted by Gasteiger charge is -1.96. The molecule has 0 saturated carbocycles. The Bertz CT molecular complexity index is 504. The van der Waals surface area contributed by atoms with Crippen molar-refractivity contribution in [2.45, 2.75) is 17.3 Å². The minimum absolute atomic E-state index is 0. The van der Waals surface area contributed by atoms with Crippen LogP contribution >= 0.6 is 24.2 Å². The minimum atomic E-state index is -0.916. The first-order valence-electron chi connectivity index (χ1n) is 5.04.